The number of pyridine rings is 1. The Labute approximate surface area is 124 Å². The molecule has 2 heterocycles. The summed E-state index contributed by atoms with van der Waals surface area (Å²) in [6, 6.07) is -0.0650. The highest BCUT2D eigenvalue weighted by atomic mass is 19.1. The number of ether oxygens (including phenoxy) is 1. The van der Waals surface area contributed by atoms with Gasteiger partial charge in [0.1, 0.15) is 11.9 Å². The van der Waals surface area contributed by atoms with Gasteiger partial charge in [0.2, 0.25) is 5.89 Å². The Morgan fingerprint density at radius 3 is 2.95 bits per heavy atom. The normalized spacial score (nSPS) is 12.2. The van der Waals surface area contributed by atoms with E-state index in [0.29, 0.717) is 24.9 Å². The molecule has 0 unspecified atom stereocenters. The standard InChI is InChI=1S/C13H14F2N4O3/c1-7(13-18-10(19-22-13)3-4-21-2)17-12(20)11-9(15)5-8(14)6-16-11/h5-7H,3-4H2,1-2H3,(H,17,20)/t7-/m1/s1. The summed E-state index contributed by atoms with van der Waals surface area (Å²) in [7, 11) is 1.55. The lowest BCUT2D eigenvalue weighted by molar-refractivity contribution is 0.0922. The van der Waals surface area contributed by atoms with Crippen molar-refractivity contribution in [3.05, 3.63) is 41.3 Å². The van der Waals surface area contributed by atoms with E-state index in [1.54, 1.807) is 14.0 Å². The van der Waals surface area contributed by atoms with Crippen LogP contribution in [0.25, 0.3) is 0 Å². The molecule has 2 aromatic heterocycles. The van der Waals surface area contributed by atoms with Crippen LogP contribution in [0.15, 0.2) is 16.8 Å². The molecule has 0 aliphatic rings. The largest absolute Gasteiger partial charge is 0.384 e. The smallest absolute Gasteiger partial charge is 0.273 e. The number of halogens is 2. The van der Waals surface area contributed by atoms with Crippen molar-refractivity contribution >= 4 is 5.91 Å². The molecule has 2 aromatic rings. The number of carbonyl (C=O) groups excluding carboxylic acids is 1. The number of hydrogen-bond donors (Lipinski definition) is 1. The number of rotatable bonds is 6. The van der Waals surface area contributed by atoms with Crippen molar-refractivity contribution in [1.82, 2.24) is 20.4 Å². The van der Waals surface area contributed by atoms with E-state index >= 15 is 0 Å². The lowest BCUT2D eigenvalue weighted by atomic mass is 10.2. The highest BCUT2D eigenvalue weighted by Gasteiger charge is 2.20. The fraction of sp³-hybridized carbons (Fsp3) is 0.385. The van der Waals surface area contributed by atoms with Crippen molar-refractivity contribution in [3.8, 4) is 0 Å². The Kier molecular flexibility index (Phi) is 5.10. The molecule has 0 fully saturated rings. The summed E-state index contributed by atoms with van der Waals surface area (Å²) in [5.74, 6) is -2.11. The second kappa shape index (κ2) is 7.03. The molecule has 7 nitrogen and oxygen atoms in total. The summed E-state index contributed by atoms with van der Waals surface area (Å²) in [5.41, 5.74) is -0.507. The number of nitrogens with zero attached hydrogens (tertiary/aromatic N) is 3. The minimum atomic E-state index is -1.05. The van der Waals surface area contributed by atoms with E-state index in [-0.39, 0.29) is 5.89 Å². The van der Waals surface area contributed by atoms with Crippen LogP contribution in [0.2, 0.25) is 0 Å². The van der Waals surface area contributed by atoms with Gasteiger partial charge in [-0.25, -0.2) is 13.8 Å². The molecule has 0 aliphatic heterocycles. The molecular weight excluding hydrogens is 298 g/mol. The molecule has 0 aromatic carbocycles. The Hall–Kier alpha value is -2.42. The van der Waals surface area contributed by atoms with Crippen molar-refractivity contribution in [2.24, 2.45) is 0 Å². The minimum Gasteiger partial charge on any atom is -0.384 e. The molecule has 0 aliphatic carbocycles. The second-order valence-electron chi connectivity index (χ2n) is 4.47. The van der Waals surface area contributed by atoms with Gasteiger partial charge in [-0.05, 0) is 6.92 Å². The predicted molar refractivity (Wildman–Crippen MR) is 69.9 cm³/mol. The Morgan fingerprint density at radius 1 is 1.50 bits per heavy atom. The van der Waals surface area contributed by atoms with E-state index in [0.717, 1.165) is 6.20 Å². The van der Waals surface area contributed by atoms with Crippen LogP contribution in [0.5, 0.6) is 0 Å². The first-order chi connectivity index (χ1) is 10.5. The molecule has 0 bridgehead atoms. The number of carbonyl (C=O) groups is 1. The van der Waals surface area contributed by atoms with Crippen molar-refractivity contribution in [2.45, 2.75) is 19.4 Å². The SMILES string of the molecule is COCCc1noc([C@@H](C)NC(=O)c2ncc(F)cc2F)n1. The highest BCUT2D eigenvalue weighted by Crippen LogP contribution is 2.12. The maximum atomic E-state index is 13.5. The molecular formula is C13H14F2N4O3. The molecule has 0 saturated carbocycles. The highest BCUT2D eigenvalue weighted by molar-refractivity contribution is 5.92. The Morgan fingerprint density at radius 2 is 2.27 bits per heavy atom. The fourth-order valence-electron chi connectivity index (χ4n) is 1.65. The zero-order valence-electron chi connectivity index (χ0n) is 12.0. The summed E-state index contributed by atoms with van der Waals surface area (Å²) in [6.45, 7) is 2.03. The van der Waals surface area contributed by atoms with E-state index < -0.39 is 29.3 Å². The molecule has 1 N–H and O–H groups in total. The molecule has 9 heteroatoms. The maximum Gasteiger partial charge on any atom is 0.273 e. The first kappa shape index (κ1) is 16.0. The van der Waals surface area contributed by atoms with E-state index in [4.69, 9.17) is 9.26 Å². The summed E-state index contributed by atoms with van der Waals surface area (Å²) in [4.78, 5) is 19.4. The Bertz CT molecular complexity index is 662. The molecule has 0 radical (unpaired) electrons. The first-order valence-corrected chi connectivity index (χ1v) is 6.44. The number of nitrogens with one attached hydrogen (secondary N) is 1. The van der Waals surface area contributed by atoms with Crippen molar-refractivity contribution in [1.29, 1.82) is 0 Å². The number of hydrogen-bond acceptors (Lipinski definition) is 6. The van der Waals surface area contributed by atoms with Crippen LogP contribution in [0, 0.1) is 11.6 Å². The minimum absolute atomic E-state index is 0.168. The van der Waals surface area contributed by atoms with Gasteiger partial charge in [0, 0.05) is 19.6 Å². The predicted octanol–water partition coefficient (Wildman–Crippen LogP) is 1.42. The topological polar surface area (TPSA) is 90.1 Å². The van der Waals surface area contributed by atoms with Gasteiger partial charge in [0.25, 0.3) is 5.91 Å². The van der Waals surface area contributed by atoms with Crippen LogP contribution in [-0.4, -0.2) is 34.7 Å². The number of methoxy groups -OCH3 is 1. The third-order valence-corrected chi connectivity index (χ3v) is 2.75. The monoisotopic (exact) mass is 312 g/mol. The molecule has 1 amide bonds. The van der Waals surface area contributed by atoms with Crippen molar-refractivity contribution in [3.63, 3.8) is 0 Å². The zero-order valence-corrected chi connectivity index (χ0v) is 12.0. The third-order valence-electron chi connectivity index (χ3n) is 2.75. The second-order valence-corrected chi connectivity index (χ2v) is 4.47. The van der Waals surface area contributed by atoms with Gasteiger partial charge >= 0.3 is 0 Å². The molecule has 22 heavy (non-hydrogen) atoms. The first-order valence-electron chi connectivity index (χ1n) is 6.44. The quantitative estimate of drug-likeness (QED) is 0.867. The van der Waals surface area contributed by atoms with E-state index in [9.17, 15) is 13.6 Å². The maximum absolute atomic E-state index is 13.5. The number of aromatic nitrogens is 3. The van der Waals surface area contributed by atoms with E-state index in [1.807, 2.05) is 0 Å². The lowest BCUT2D eigenvalue weighted by Gasteiger charge is -2.09. The average molecular weight is 312 g/mol. The molecule has 2 rings (SSSR count). The molecule has 0 spiro atoms. The van der Waals surface area contributed by atoms with Gasteiger partial charge in [-0.15, -0.1) is 0 Å². The summed E-state index contributed by atoms with van der Waals surface area (Å²) >= 11 is 0. The van der Waals surface area contributed by atoms with Gasteiger partial charge < -0.3 is 14.6 Å². The van der Waals surface area contributed by atoms with Gasteiger partial charge in [-0.2, -0.15) is 4.98 Å². The molecule has 0 saturated heterocycles. The van der Waals surface area contributed by atoms with E-state index in [1.165, 1.54) is 0 Å². The third kappa shape index (κ3) is 3.82. The van der Waals surface area contributed by atoms with Crippen LogP contribution >= 0.6 is 0 Å². The Balaban J connectivity index is 2.03. The summed E-state index contributed by atoms with van der Waals surface area (Å²) in [5, 5.41) is 6.18. The number of amides is 1. The van der Waals surface area contributed by atoms with Gasteiger partial charge in [0.05, 0.1) is 12.8 Å². The van der Waals surface area contributed by atoms with Crippen LogP contribution < -0.4 is 5.32 Å². The summed E-state index contributed by atoms with van der Waals surface area (Å²) in [6.07, 6.45) is 1.23. The van der Waals surface area contributed by atoms with E-state index in [2.05, 4.69) is 20.4 Å². The van der Waals surface area contributed by atoms with Crippen LogP contribution in [0.1, 0.15) is 35.2 Å². The average Bonchev–Trinajstić information content (AvgIpc) is 2.93. The fourth-order valence-corrected chi connectivity index (χ4v) is 1.65. The zero-order chi connectivity index (χ0) is 16.1. The van der Waals surface area contributed by atoms with Crippen LogP contribution in [-0.2, 0) is 11.2 Å². The van der Waals surface area contributed by atoms with Crippen molar-refractivity contribution < 1.29 is 22.8 Å². The van der Waals surface area contributed by atoms with Crippen molar-refractivity contribution in [2.75, 3.05) is 13.7 Å². The van der Waals surface area contributed by atoms with Gasteiger partial charge in [-0.3, -0.25) is 4.79 Å². The van der Waals surface area contributed by atoms with Crippen LogP contribution in [0.3, 0.4) is 0 Å². The summed E-state index contributed by atoms with van der Waals surface area (Å²) < 4.78 is 36.1. The van der Waals surface area contributed by atoms with Crippen LogP contribution in [0.4, 0.5) is 8.78 Å². The van der Waals surface area contributed by atoms with Gasteiger partial charge in [0.15, 0.2) is 17.3 Å². The molecule has 118 valence electrons. The molecule has 1 atom stereocenters. The van der Waals surface area contributed by atoms with Gasteiger partial charge in [-0.1, -0.05) is 5.16 Å². The lowest BCUT2D eigenvalue weighted by Crippen LogP contribution is -2.28.